The summed E-state index contributed by atoms with van der Waals surface area (Å²) in [6.45, 7) is 0. The van der Waals surface area contributed by atoms with Crippen molar-refractivity contribution in [2.24, 2.45) is 11.5 Å². The lowest BCUT2D eigenvalue weighted by atomic mass is 11.2. The van der Waals surface area contributed by atoms with Gasteiger partial charge in [-0.1, -0.05) is 7.43 Å². The average Bonchev–Trinajstić information content (AvgIpc) is 1.65. The van der Waals surface area contributed by atoms with Crippen molar-refractivity contribution in [1.29, 1.82) is 5.41 Å². The first-order valence-corrected chi connectivity index (χ1v) is 1.64. The first-order valence-electron chi connectivity index (χ1n) is 1.64. The molecule has 0 spiro atoms. The highest BCUT2D eigenvalue weighted by Gasteiger charge is 1.60. The smallest absolute Gasteiger partial charge is 0.373 e. The van der Waals surface area contributed by atoms with Crippen LogP contribution in [-0.2, 0) is 14.4 Å². The van der Waals surface area contributed by atoms with Crippen LogP contribution >= 0.6 is 0 Å². The maximum absolute atomic E-state index is 9.00. The fourth-order valence-electron chi connectivity index (χ4n) is 0. The van der Waals surface area contributed by atoms with E-state index >= 15 is 0 Å². The molecule has 10 nitrogen and oxygen atoms in total. The number of isocyanates is 1. The minimum absolute atomic E-state index is 0. The van der Waals surface area contributed by atoms with E-state index in [4.69, 9.17) is 24.6 Å². The van der Waals surface area contributed by atoms with Gasteiger partial charge in [0.25, 0.3) is 0 Å². The van der Waals surface area contributed by atoms with Gasteiger partial charge >= 0.3 is 12.2 Å². The van der Waals surface area contributed by atoms with Gasteiger partial charge in [0.2, 0.25) is 6.08 Å². The molecule has 88 valence electrons. The molecule has 0 aromatic heterocycles. The highest BCUT2D eigenvalue weighted by molar-refractivity contribution is 5.69. The average molecular weight is 215 g/mol. The number of hydrogen-bond donors (Lipinski definition) is 5. The third-order valence-corrected chi connectivity index (χ3v) is 0. The van der Waals surface area contributed by atoms with Crippen LogP contribution < -0.4 is 23.8 Å². The molecule has 0 fully saturated rings. The molecule has 14 heavy (non-hydrogen) atoms. The number of amides is 2. The molecule has 0 aromatic rings. The van der Waals surface area contributed by atoms with Gasteiger partial charge in [0, 0.05) is 0 Å². The molecule has 0 unspecified atom stereocenters. The quantitative estimate of drug-likeness (QED) is 0.236. The normalized spacial score (nSPS) is 2.86. The van der Waals surface area contributed by atoms with E-state index in [0.29, 0.717) is 0 Å². The topological polar surface area (TPSA) is 246 Å². The van der Waals surface area contributed by atoms with Crippen LogP contribution in [0.2, 0.25) is 0 Å². The Labute approximate surface area is 80.6 Å². The molecular formula is C4H17N5O5. The van der Waals surface area contributed by atoms with E-state index in [-0.39, 0.29) is 31.4 Å². The molecule has 2 amide bonds. The van der Waals surface area contributed by atoms with Gasteiger partial charge in [0.1, 0.15) is 0 Å². The summed E-state index contributed by atoms with van der Waals surface area (Å²) in [6, 6.07) is -0.833. The van der Waals surface area contributed by atoms with E-state index in [0.717, 1.165) is 6.08 Å². The second kappa shape index (κ2) is 127. The van der Waals surface area contributed by atoms with Gasteiger partial charge in [-0.15, -0.1) is 0 Å². The number of primary amides is 2. The Hall–Kier alpha value is -2.09. The van der Waals surface area contributed by atoms with E-state index in [1.165, 1.54) is 0 Å². The molecule has 10 heteroatoms. The molecule has 13 N–H and O–H groups in total. The summed E-state index contributed by atoms with van der Waals surface area (Å²) in [5, 5.41) is 5.40. The molecule has 0 aliphatic carbocycles. The van der Waals surface area contributed by atoms with Crippen LogP contribution in [-0.4, -0.2) is 23.7 Å². The van der Waals surface area contributed by atoms with Crippen LogP contribution in [0.1, 0.15) is 7.43 Å². The lowest BCUT2D eigenvalue weighted by Gasteiger charge is -1.62. The van der Waals surface area contributed by atoms with Crippen LogP contribution in [0.4, 0.5) is 4.79 Å². The van der Waals surface area contributed by atoms with Crippen molar-refractivity contribution in [2.45, 2.75) is 7.43 Å². The van der Waals surface area contributed by atoms with Crippen molar-refractivity contribution in [3.05, 3.63) is 0 Å². The van der Waals surface area contributed by atoms with Crippen molar-refractivity contribution >= 4 is 18.3 Å². The summed E-state index contributed by atoms with van der Waals surface area (Å²) in [7, 11) is 0. The number of rotatable bonds is 0. The van der Waals surface area contributed by atoms with Crippen LogP contribution in [0.25, 0.3) is 0 Å². The molecule has 0 aromatic carbocycles. The van der Waals surface area contributed by atoms with Gasteiger partial charge in [0.15, 0.2) is 0 Å². The summed E-state index contributed by atoms with van der Waals surface area (Å²) < 4.78 is 0. The van der Waals surface area contributed by atoms with Crippen molar-refractivity contribution in [2.75, 3.05) is 0 Å². The van der Waals surface area contributed by atoms with Crippen LogP contribution in [0, 0.1) is 5.41 Å². The molecule has 0 radical (unpaired) electrons. The zero-order valence-corrected chi connectivity index (χ0v) is 6.70. The predicted molar refractivity (Wildman–Crippen MR) is 47.6 cm³/mol. The SMILES string of the molecule is C.N.N.N=C=O.NC(N)=O.O.O=C=O. The summed E-state index contributed by atoms with van der Waals surface area (Å²) in [4.78, 5) is 33.6. The number of hydrogen-bond acceptors (Lipinski definition) is 7. The molecule has 0 atom stereocenters. The zero-order valence-electron chi connectivity index (χ0n) is 6.70. The Morgan fingerprint density at radius 2 is 1.07 bits per heavy atom. The fraction of sp³-hybridized carbons (Fsp3) is 0.250. The molecule has 0 saturated carbocycles. The van der Waals surface area contributed by atoms with Gasteiger partial charge in [-0.25, -0.2) is 15.0 Å². The molecule has 0 heterocycles. The molecule has 0 bridgehead atoms. The number of urea groups is 1. The van der Waals surface area contributed by atoms with E-state index < -0.39 is 6.03 Å². The standard InChI is InChI=1S/CH4N2O.CHNO.CO2.CH4.2H3N.H2O/c2-1(3)4;2*2-1-3;;;;/h(H4,2,3,4);2H;;1H4;2*1H3;1H2. The minimum Gasteiger partial charge on any atom is -0.412 e. The number of carbonyl (C=O) groups is 1. The van der Waals surface area contributed by atoms with Gasteiger partial charge < -0.3 is 29.2 Å². The van der Waals surface area contributed by atoms with Gasteiger partial charge in [-0.05, 0) is 0 Å². The maximum Gasteiger partial charge on any atom is 0.373 e. The third kappa shape index (κ3) is 180. The van der Waals surface area contributed by atoms with E-state index in [1.54, 1.807) is 0 Å². The molecule has 0 rings (SSSR count). The van der Waals surface area contributed by atoms with Crippen molar-refractivity contribution in [3.63, 3.8) is 0 Å². The number of nitrogens with one attached hydrogen (secondary N) is 1. The Kier molecular flexibility index (Phi) is 531. The zero-order chi connectivity index (χ0) is 8.99. The van der Waals surface area contributed by atoms with E-state index in [2.05, 4.69) is 11.5 Å². The Morgan fingerprint density at radius 1 is 1.07 bits per heavy atom. The third-order valence-electron chi connectivity index (χ3n) is 0. The van der Waals surface area contributed by atoms with E-state index in [1.807, 2.05) is 0 Å². The second-order valence-corrected chi connectivity index (χ2v) is 0.588. The van der Waals surface area contributed by atoms with Crippen LogP contribution in [0.5, 0.6) is 0 Å². The van der Waals surface area contributed by atoms with Crippen LogP contribution in [0.3, 0.4) is 0 Å². The van der Waals surface area contributed by atoms with Gasteiger partial charge in [0.05, 0.1) is 0 Å². The molecule has 0 saturated heterocycles. The highest BCUT2D eigenvalue weighted by atomic mass is 16.2. The van der Waals surface area contributed by atoms with Crippen LogP contribution in [0.15, 0.2) is 0 Å². The second-order valence-electron chi connectivity index (χ2n) is 0.588. The van der Waals surface area contributed by atoms with Gasteiger partial charge in [-0.2, -0.15) is 9.59 Å². The highest BCUT2D eigenvalue weighted by Crippen LogP contribution is 1.25. The number of nitrogens with two attached hydrogens (primary N) is 2. The largest absolute Gasteiger partial charge is 0.412 e. The van der Waals surface area contributed by atoms with Crippen molar-refractivity contribution in [1.82, 2.24) is 12.3 Å². The molecule has 0 aliphatic heterocycles. The Bertz CT molecular complexity index is 132. The van der Waals surface area contributed by atoms with Gasteiger partial charge in [-0.3, -0.25) is 0 Å². The maximum atomic E-state index is 9.00. The summed E-state index contributed by atoms with van der Waals surface area (Å²) in [6.07, 6.45) is 1.00. The van der Waals surface area contributed by atoms with Crippen molar-refractivity contribution < 1.29 is 24.7 Å². The summed E-state index contributed by atoms with van der Waals surface area (Å²) >= 11 is 0. The summed E-state index contributed by atoms with van der Waals surface area (Å²) in [5.74, 6) is 0. The first-order chi connectivity index (χ1) is 4.56. The minimum atomic E-state index is -0.833. The predicted octanol–water partition coefficient (Wildman–Crippen LogP) is -1.52. The van der Waals surface area contributed by atoms with E-state index in [9.17, 15) is 0 Å². The Balaban J connectivity index is -0.00000000929. The lowest BCUT2D eigenvalue weighted by Crippen LogP contribution is -2.18. The first kappa shape index (κ1) is 58.8. The summed E-state index contributed by atoms with van der Waals surface area (Å²) in [5.41, 5.74) is 8.50. The fourth-order valence-corrected chi connectivity index (χ4v) is 0. The monoisotopic (exact) mass is 215 g/mol. The Morgan fingerprint density at radius 3 is 1.07 bits per heavy atom. The number of carbonyl (C=O) groups excluding carboxylic acids is 4. The van der Waals surface area contributed by atoms with Crippen molar-refractivity contribution in [3.8, 4) is 0 Å². The molecular weight excluding hydrogens is 198 g/mol. The molecule has 0 aliphatic rings. The lowest BCUT2D eigenvalue weighted by molar-refractivity contribution is -0.191.